The predicted octanol–water partition coefficient (Wildman–Crippen LogP) is 3.69. The third-order valence-corrected chi connectivity index (χ3v) is 4.91. The largest absolute Gasteiger partial charge is 0.391 e. The third-order valence-electron chi connectivity index (χ3n) is 4.35. The van der Waals surface area contributed by atoms with Crippen molar-refractivity contribution in [2.45, 2.75) is 39.0 Å². The molecule has 22 heavy (non-hydrogen) atoms. The summed E-state index contributed by atoms with van der Waals surface area (Å²) in [6.45, 7) is 4.47. The minimum atomic E-state index is -0.503. The number of hydrogen-bond acceptors (Lipinski definition) is 4. The number of aliphatic hydroxyl groups excluding tert-OH is 1. The first-order valence-corrected chi connectivity index (χ1v) is 7.92. The van der Waals surface area contributed by atoms with Crippen molar-refractivity contribution in [3.05, 3.63) is 50.3 Å². The number of aromatic nitrogens is 1. The van der Waals surface area contributed by atoms with Crippen LogP contribution < -0.4 is 0 Å². The SMILES string of the molecule is Cc1noc(C)c1CN(C)C1c2cc(Cl)cc(Cl)c2CC1O. The molecule has 2 atom stereocenters. The van der Waals surface area contributed by atoms with Crippen LogP contribution in [0.25, 0.3) is 0 Å². The van der Waals surface area contributed by atoms with Gasteiger partial charge in [-0.25, -0.2) is 0 Å². The molecule has 3 rings (SSSR count). The van der Waals surface area contributed by atoms with Crippen molar-refractivity contribution < 1.29 is 9.63 Å². The van der Waals surface area contributed by atoms with E-state index in [1.165, 1.54) is 0 Å². The fourth-order valence-electron chi connectivity index (χ4n) is 3.24. The Morgan fingerprint density at radius 2 is 2.09 bits per heavy atom. The molecule has 0 amide bonds. The van der Waals surface area contributed by atoms with Crippen LogP contribution in [0.3, 0.4) is 0 Å². The molecular weight excluding hydrogens is 323 g/mol. The van der Waals surface area contributed by atoms with Crippen molar-refractivity contribution in [2.24, 2.45) is 0 Å². The van der Waals surface area contributed by atoms with Crippen LogP contribution in [-0.4, -0.2) is 28.3 Å². The molecule has 2 aromatic rings. The van der Waals surface area contributed by atoms with Gasteiger partial charge in [-0.05, 0) is 44.2 Å². The minimum Gasteiger partial charge on any atom is -0.391 e. The Bertz CT molecular complexity index is 695. The van der Waals surface area contributed by atoms with Crippen LogP contribution in [0.2, 0.25) is 10.0 Å². The van der Waals surface area contributed by atoms with E-state index < -0.39 is 6.10 Å². The van der Waals surface area contributed by atoms with Gasteiger partial charge in [0.05, 0.1) is 17.8 Å². The van der Waals surface area contributed by atoms with Gasteiger partial charge in [-0.1, -0.05) is 28.4 Å². The first-order chi connectivity index (χ1) is 10.4. The molecule has 1 heterocycles. The van der Waals surface area contributed by atoms with E-state index in [9.17, 15) is 5.11 Å². The van der Waals surface area contributed by atoms with Gasteiger partial charge in [-0.15, -0.1) is 0 Å². The molecule has 0 fully saturated rings. The van der Waals surface area contributed by atoms with Gasteiger partial charge in [0, 0.05) is 28.6 Å². The molecule has 0 radical (unpaired) electrons. The standard InChI is InChI=1S/C16H18Cl2N2O2/c1-8-13(9(2)22-19-8)7-20(3)16-12-4-10(17)5-14(18)11(12)6-15(16)21/h4-5,15-16,21H,6-7H2,1-3H3. The Morgan fingerprint density at radius 1 is 1.36 bits per heavy atom. The molecule has 6 heteroatoms. The lowest BCUT2D eigenvalue weighted by Crippen LogP contribution is -2.31. The number of rotatable bonds is 3. The number of halogens is 2. The molecule has 1 aromatic heterocycles. The van der Waals surface area contributed by atoms with Crippen molar-refractivity contribution in [1.29, 1.82) is 0 Å². The second-order valence-corrected chi connectivity index (χ2v) is 6.73. The van der Waals surface area contributed by atoms with E-state index in [4.69, 9.17) is 27.7 Å². The maximum Gasteiger partial charge on any atom is 0.138 e. The lowest BCUT2D eigenvalue weighted by molar-refractivity contribution is 0.0721. The van der Waals surface area contributed by atoms with Gasteiger partial charge >= 0.3 is 0 Å². The van der Waals surface area contributed by atoms with Crippen molar-refractivity contribution in [1.82, 2.24) is 10.1 Å². The molecule has 1 aromatic carbocycles. The summed E-state index contributed by atoms with van der Waals surface area (Å²) in [4.78, 5) is 2.09. The van der Waals surface area contributed by atoms with Crippen molar-refractivity contribution in [3.63, 3.8) is 0 Å². The lowest BCUT2D eigenvalue weighted by Gasteiger charge is -2.28. The topological polar surface area (TPSA) is 49.5 Å². The van der Waals surface area contributed by atoms with E-state index in [2.05, 4.69) is 10.1 Å². The number of hydrogen-bond donors (Lipinski definition) is 1. The summed E-state index contributed by atoms with van der Waals surface area (Å²) in [5, 5.41) is 15.7. The fraction of sp³-hybridized carbons (Fsp3) is 0.438. The molecule has 0 spiro atoms. The maximum absolute atomic E-state index is 10.5. The average molecular weight is 341 g/mol. The zero-order valence-electron chi connectivity index (χ0n) is 12.7. The predicted molar refractivity (Wildman–Crippen MR) is 86.4 cm³/mol. The summed E-state index contributed by atoms with van der Waals surface area (Å²) in [5.74, 6) is 0.807. The van der Waals surface area contributed by atoms with E-state index in [1.807, 2.05) is 27.0 Å². The Morgan fingerprint density at radius 3 is 2.73 bits per heavy atom. The Hall–Kier alpha value is -1.07. The summed E-state index contributed by atoms with van der Waals surface area (Å²) in [7, 11) is 1.98. The van der Waals surface area contributed by atoms with Crippen molar-refractivity contribution in [3.8, 4) is 0 Å². The Labute approximate surface area is 139 Å². The molecule has 1 aliphatic rings. The quantitative estimate of drug-likeness (QED) is 0.925. The third kappa shape index (κ3) is 2.65. The molecule has 1 aliphatic carbocycles. The van der Waals surface area contributed by atoms with Crippen LogP contribution in [0.15, 0.2) is 16.7 Å². The van der Waals surface area contributed by atoms with E-state index >= 15 is 0 Å². The van der Waals surface area contributed by atoms with Gasteiger partial charge in [-0.3, -0.25) is 4.90 Å². The molecule has 0 aliphatic heterocycles. The molecule has 0 bridgehead atoms. The average Bonchev–Trinajstić information content (AvgIpc) is 2.92. The normalized spacial score (nSPS) is 20.7. The minimum absolute atomic E-state index is 0.139. The van der Waals surface area contributed by atoms with Gasteiger partial charge < -0.3 is 9.63 Å². The second kappa shape index (κ2) is 5.85. The number of benzene rings is 1. The van der Waals surface area contributed by atoms with E-state index in [0.717, 1.165) is 28.1 Å². The summed E-state index contributed by atoms with van der Waals surface area (Å²) >= 11 is 12.4. The van der Waals surface area contributed by atoms with Crippen LogP contribution in [-0.2, 0) is 13.0 Å². The second-order valence-electron chi connectivity index (χ2n) is 5.89. The fourth-order valence-corrected chi connectivity index (χ4v) is 3.82. The van der Waals surface area contributed by atoms with Gasteiger partial charge in [0.15, 0.2) is 0 Å². The smallest absolute Gasteiger partial charge is 0.138 e. The van der Waals surface area contributed by atoms with Crippen LogP contribution in [0.1, 0.15) is 34.2 Å². The monoisotopic (exact) mass is 340 g/mol. The zero-order chi connectivity index (χ0) is 16.0. The highest BCUT2D eigenvalue weighted by molar-refractivity contribution is 6.35. The number of likely N-dealkylation sites (N-methyl/N-ethyl adjacent to an activating group) is 1. The molecule has 1 N–H and O–H groups in total. The molecular formula is C16H18Cl2N2O2. The van der Waals surface area contributed by atoms with Crippen molar-refractivity contribution >= 4 is 23.2 Å². The van der Waals surface area contributed by atoms with Crippen molar-refractivity contribution in [2.75, 3.05) is 7.05 Å². The molecule has 0 saturated carbocycles. The Balaban J connectivity index is 1.93. The maximum atomic E-state index is 10.5. The van der Waals surface area contributed by atoms with E-state index in [1.54, 1.807) is 6.07 Å². The summed E-state index contributed by atoms with van der Waals surface area (Å²) < 4.78 is 5.21. The van der Waals surface area contributed by atoms with Gasteiger partial charge in [0.2, 0.25) is 0 Å². The van der Waals surface area contributed by atoms with Crippen LogP contribution in [0.5, 0.6) is 0 Å². The van der Waals surface area contributed by atoms with Crippen LogP contribution in [0, 0.1) is 13.8 Å². The summed E-state index contributed by atoms with van der Waals surface area (Å²) in [6.07, 6.45) is 0.0403. The highest BCUT2D eigenvalue weighted by atomic mass is 35.5. The summed E-state index contributed by atoms with van der Waals surface area (Å²) in [6, 6.07) is 3.48. The molecule has 2 unspecified atom stereocenters. The van der Waals surface area contributed by atoms with Gasteiger partial charge in [-0.2, -0.15) is 0 Å². The number of fused-ring (bicyclic) bond motifs is 1. The highest BCUT2D eigenvalue weighted by Gasteiger charge is 2.36. The molecule has 4 nitrogen and oxygen atoms in total. The zero-order valence-corrected chi connectivity index (χ0v) is 14.2. The highest BCUT2D eigenvalue weighted by Crippen LogP contribution is 2.41. The van der Waals surface area contributed by atoms with Gasteiger partial charge in [0.25, 0.3) is 0 Å². The number of aliphatic hydroxyl groups is 1. The van der Waals surface area contributed by atoms with Gasteiger partial charge in [0.1, 0.15) is 5.76 Å². The lowest BCUT2D eigenvalue weighted by atomic mass is 10.1. The number of aryl methyl sites for hydroxylation is 2. The Kier molecular flexibility index (Phi) is 4.21. The van der Waals surface area contributed by atoms with Crippen LogP contribution >= 0.6 is 23.2 Å². The summed E-state index contributed by atoms with van der Waals surface area (Å²) in [5.41, 5.74) is 3.91. The molecule has 0 saturated heterocycles. The first-order valence-electron chi connectivity index (χ1n) is 7.16. The van der Waals surface area contributed by atoms with E-state index in [-0.39, 0.29) is 6.04 Å². The molecule has 118 valence electrons. The number of nitrogens with zero attached hydrogens (tertiary/aromatic N) is 2. The first kappa shape index (κ1) is 15.8. The van der Waals surface area contributed by atoms with Crippen LogP contribution in [0.4, 0.5) is 0 Å². The van der Waals surface area contributed by atoms with E-state index in [0.29, 0.717) is 23.0 Å².